The standard InChI is InChI=1S/C45H64N8O10/c1-7-26(4)35-44(61)53-20-10-13-34(53)43(60)52-19-9-11-32(52)38(56)48-31(42(59)51-18-8-12-33(51)39(57)50-36(28(6)54)40(58)49-35)23-29-14-16-45(24-30(29)27(5)46,63-21-15-25(2)3)37(55)41-47-17-22-62-41/h14-17,22,26-28,31-36,54H,7-13,18-21,23-24,46H2,1-6H3,(H,48,56)(H,49,58)(H,50,57). The van der Waals surface area contributed by atoms with Crippen molar-refractivity contribution < 1.29 is 47.8 Å². The lowest BCUT2D eigenvalue weighted by Gasteiger charge is -2.37. The normalized spacial score (nSPS) is 30.1. The molecule has 10 unspecified atom stereocenters. The van der Waals surface area contributed by atoms with Gasteiger partial charge in [0.1, 0.15) is 42.5 Å². The van der Waals surface area contributed by atoms with Gasteiger partial charge in [0.05, 0.1) is 18.9 Å². The molecule has 0 bridgehead atoms. The summed E-state index contributed by atoms with van der Waals surface area (Å²) < 4.78 is 11.7. The van der Waals surface area contributed by atoms with E-state index in [9.17, 15) is 38.7 Å². The Morgan fingerprint density at radius 3 is 2.05 bits per heavy atom. The zero-order chi connectivity index (χ0) is 45.7. The molecule has 6 N–H and O–H groups in total. The number of Topliss-reactive ketones (excluding diaryl/α,β-unsaturated/α-hetero) is 1. The van der Waals surface area contributed by atoms with Crippen LogP contribution < -0.4 is 21.7 Å². The van der Waals surface area contributed by atoms with E-state index in [1.807, 2.05) is 26.8 Å². The second-order valence-electron chi connectivity index (χ2n) is 17.9. The van der Waals surface area contributed by atoms with Gasteiger partial charge in [0.2, 0.25) is 35.4 Å². The highest BCUT2D eigenvalue weighted by Gasteiger charge is 2.48. The summed E-state index contributed by atoms with van der Waals surface area (Å²) in [5, 5.41) is 19.2. The minimum Gasteiger partial charge on any atom is -0.442 e. The van der Waals surface area contributed by atoms with Crippen molar-refractivity contribution in [3.05, 3.63) is 53.3 Å². The number of hydrogen-bond acceptors (Lipinski definition) is 12. The van der Waals surface area contributed by atoms with Crippen molar-refractivity contribution in [2.24, 2.45) is 11.7 Å². The lowest BCUT2D eigenvalue weighted by Crippen LogP contribution is -2.63. The average molecular weight is 877 g/mol. The number of oxazole rings is 1. The molecule has 6 rings (SSSR count). The van der Waals surface area contributed by atoms with Gasteiger partial charge < -0.3 is 50.6 Å². The number of nitrogens with two attached hydrogens (primary N) is 1. The minimum atomic E-state index is -1.56. The van der Waals surface area contributed by atoms with Crippen LogP contribution in [0, 0.1) is 5.92 Å². The largest absolute Gasteiger partial charge is 0.442 e. The highest BCUT2D eigenvalue weighted by atomic mass is 16.5. The van der Waals surface area contributed by atoms with Gasteiger partial charge in [0.25, 0.3) is 11.7 Å². The third kappa shape index (κ3) is 10.1. The molecule has 18 heteroatoms. The van der Waals surface area contributed by atoms with Crippen LogP contribution in [0.3, 0.4) is 0 Å². The van der Waals surface area contributed by atoms with Gasteiger partial charge in [-0.25, -0.2) is 4.98 Å². The molecule has 344 valence electrons. The van der Waals surface area contributed by atoms with Crippen LogP contribution in [0.5, 0.6) is 0 Å². The van der Waals surface area contributed by atoms with E-state index in [2.05, 4.69) is 20.9 Å². The maximum atomic E-state index is 14.9. The lowest BCUT2D eigenvalue weighted by molar-refractivity contribution is -0.149. The summed E-state index contributed by atoms with van der Waals surface area (Å²) in [6, 6.07) is -7.35. The number of hydrogen-bond donors (Lipinski definition) is 5. The topological polar surface area (TPSA) is 247 Å². The van der Waals surface area contributed by atoms with Crippen LogP contribution in [0.2, 0.25) is 0 Å². The molecular formula is C45H64N8O10. The average Bonchev–Trinajstić information content (AvgIpc) is 4.10. The van der Waals surface area contributed by atoms with Crippen molar-refractivity contribution in [2.75, 3.05) is 26.2 Å². The molecule has 6 amide bonds. The molecule has 4 aliphatic heterocycles. The maximum Gasteiger partial charge on any atom is 0.266 e. The Morgan fingerprint density at radius 2 is 1.48 bits per heavy atom. The maximum absolute atomic E-state index is 14.9. The first kappa shape index (κ1) is 47.3. The molecule has 5 heterocycles. The van der Waals surface area contributed by atoms with Gasteiger partial charge in [-0.15, -0.1) is 0 Å². The van der Waals surface area contributed by atoms with Crippen molar-refractivity contribution in [1.82, 2.24) is 35.6 Å². The molecule has 0 radical (unpaired) electrons. The zero-order valence-electron chi connectivity index (χ0n) is 37.3. The molecule has 10 atom stereocenters. The van der Waals surface area contributed by atoms with Gasteiger partial charge in [-0.2, -0.15) is 0 Å². The number of carbonyl (C=O) groups is 7. The highest BCUT2D eigenvalue weighted by Crippen LogP contribution is 2.37. The fraction of sp³-hybridized carbons (Fsp3) is 0.644. The minimum absolute atomic E-state index is 0.0138. The number of aromatic nitrogens is 1. The van der Waals surface area contributed by atoms with E-state index in [1.165, 1.54) is 34.1 Å². The molecule has 1 aromatic heterocycles. The van der Waals surface area contributed by atoms with Gasteiger partial charge in [0, 0.05) is 38.5 Å². The Kier molecular flexibility index (Phi) is 15.1. The van der Waals surface area contributed by atoms with Crippen LogP contribution in [0.1, 0.15) is 110 Å². The Hall–Kier alpha value is -5.20. The van der Waals surface area contributed by atoms with Crippen LogP contribution in [0.4, 0.5) is 0 Å². The molecule has 1 aromatic rings. The summed E-state index contributed by atoms with van der Waals surface area (Å²) in [6.07, 6.45) is 9.17. The van der Waals surface area contributed by atoms with Crippen LogP contribution in [-0.4, -0.2) is 146 Å². The number of rotatable bonds is 11. The van der Waals surface area contributed by atoms with Crippen molar-refractivity contribution in [3.8, 4) is 0 Å². The second-order valence-corrected chi connectivity index (χ2v) is 17.9. The third-order valence-electron chi connectivity index (χ3n) is 13.2. The molecule has 63 heavy (non-hydrogen) atoms. The number of amides is 6. The van der Waals surface area contributed by atoms with E-state index in [1.54, 1.807) is 26.0 Å². The third-order valence-corrected chi connectivity index (χ3v) is 13.2. The number of aliphatic hydroxyl groups is 1. The molecule has 5 aliphatic rings. The molecule has 1 aliphatic carbocycles. The van der Waals surface area contributed by atoms with Crippen molar-refractivity contribution >= 4 is 41.2 Å². The van der Waals surface area contributed by atoms with Gasteiger partial charge >= 0.3 is 0 Å². The summed E-state index contributed by atoms with van der Waals surface area (Å²) in [4.78, 5) is 109. The molecule has 0 saturated carbocycles. The number of aliphatic hydroxyl groups excluding tert-OH is 1. The Bertz CT molecular complexity index is 2010. The molecule has 0 spiro atoms. The molecule has 4 saturated heterocycles. The summed E-state index contributed by atoms with van der Waals surface area (Å²) in [5.74, 6) is -4.47. The Balaban J connectivity index is 1.39. The number of ether oxygens (including phenoxy) is 1. The van der Waals surface area contributed by atoms with E-state index < -0.39 is 89.3 Å². The summed E-state index contributed by atoms with van der Waals surface area (Å²) in [7, 11) is 0. The summed E-state index contributed by atoms with van der Waals surface area (Å²) >= 11 is 0. The van der Waals surface area contributed by atoms with E-state index in [-0.39, 0.29) is 63.2 Å². The monoisotopic (exact) mass is 876 g/mol. The predicted molar refractivity (Wildman–Crippen MR) is 229 cm³/mol. The van der Waals surface area contributed by atoms with Gasteiger partial charge in [-0.1, -0.05) is 38.0 Å². The zero-order valence-corrected chi connectivity index (χ0v) is 37.3. The number of nitrogens with zero attached hydrogens (tertiary/aromatic N) is 4. The van der Waals surface area contributed by atoms with Crippen molar-refractivity contribution in [1.29, 1.82) is 0 Å². The summed E-state index contributed by atoms with van der Waals surface area (Å²) in [6.45, 7) is 11.4. The number of nitrogens with one attached hydrogen (secondary N) is 3. The van der Waals surface area contributed by atoms with Gasteiger partial charge in [-0.3, -0.25) is 33.6 Å². The number of fused-ring (bicyclic) bond motifs is 3. The van der Waals surface area contributed by atoms with Crippen LogP contribution >= 0.6 is 0 Å². The Labute approximate surface area is 368 Å². The summed E-state index contributed by atoms with van der Waals surface area (Å²) in [5.41, 5.74) is 7.17. The van der Waals surface area contributed by atoms with E-state index in [0.717, 1.165) is 5.57 Å². The highest BCUT2D eigenvalue weighted by molar-refractivity contribution is 6.01. The van der Waals surface area contributed by atoms with Crippen LogP contribution in [0.15, 0.2) is 51.8 Å². The fourth-order valence-electron chi connectivity index (χ4n) is 9.38. The molecule has 4 fully saturated rings. The van der Waals surface area contributed by atoms with E-state index >= 15 is 0 Å². The number of carbonyl (C=O) groups excluding carboxylic acids is 7. The van der Waals surface area contributed by atoms with Crippen LogP contribution in [-0.2, 0) is 33.5 Å². The first-order valence-electron chi connectivity index (χ1n) is 22.4. The SMILES string of the molecule is CCC(C)C1NC(=O)C(C(C)O)NC(=O)C2CCCN2C(=O)C(CC2=C(C(C)N)CC(OCC=C(C)C)(C(=O)c3ncco3)C=C2)NC(=O)C2CCCN2C(=O)C2CCCN2C1=O. The molecule has 18 nitrogen and oxygen atoms in total. The van der Waals surface area contributed by atoms with Crippen molar-refractivity contribution in [3.63, 3.8) is 0 Å². The van der Waals surface area contributed by atoms with Gasteiger partial charge in [-0.05, 0) is 89.4 Å². The Morgan fingerprint density at radius 1 is 0.889 bits per heavy atom. The number of allylic oxidation sites excluding steroid dienone is 2. The van der Waals surface area contributed by atoms with Crippen LogP contribution in [0.25, 0.3) is 0 Å². The quantitative estimate of drug-likeness (QED) is 0.157. The van der Waals surface area contributed by atoms with E-state index in [4.69, 9.17) is 14.9 Å². The van der Waals surface area contributed by atoms with Gasteiger partial charge in [0.15, 0.2) is 5.60 Å². The molecular weight excluding hydrogens is 813 g/mol. The molecule has 0 aromatic carbocycles. The number of ketones is 1. The second kappa shape index (κ2) is 20.1. The first-order valence-corrected chi connectivity index (χ1v) is 22.4. The first-order chi connectivity index (χ1) is 30.0. The van der Waals surface area contributed by atoms with E-state index in [0.29, 0.717) is 49.7 Å². The fourth-order valence-corrected chi connectivity index (χ4v) is 9.38. The smallest absolute Gasteiger partial charge is 0.266 e. The lowest BCUT2D eigenvalue weighted by atomic mass is 9.79. The van der Waals surface area contributed by atoms with Crippen molar-refractivity contribution in [2.45, 2.75) is 153 Å². The predicted octanol–water partition coefficient (Wildman–Crippen LogP) is 1.44.